The lowest BCUT2D eigenvalue weighted by Crippen LogP contribution is -2.19. The maximum absolute atomic E-state index is 12.5. The molecule has 1 aromatic heterocycles. The van der Waals surface area contributed by atoms with Gasteiger partial charge in [0.05, 0.1) is 5.69 Å². The third-order valence-corrected chi connectivity index (χ3v) is 5.14. The number of ether oxygens (including phenoxy) is 1. The molecule has 0 aliphatic heterocycles. The number of carbonyl (C=O) groups excluding carboxylic acids is 1. The zero-order valence-corrected chi connectivity index (χ0v) is 16.1. The first kappa shape index (κ1) is 18.7. The van der Waals surface area contributed by atoms with Gasteiger partial charge in [-0.1, -0.05) is 62.4 Å². The Morgan fingerprint density at radius 3 is 2.24 bits per heavy atom. The highest BCUT2D eigenvalue weighted by molar-refractivity contribution is 5.98. The van der Waals surface area contributed by atoms with Gasteiger partial charge in [0.15, 0.2) is 5.69 Å². The minimum absolute atomic E-state index is 0.0421. The van der Waals surface area contributed by atoms with Gasteiger partial charge in [-0.3, -0.25) is 10.4 Å². The molecule has 0 saturated heterocycles. The molecule has 3 aromatic rings. The number of aromatic carboxylic acids is 1. The highest BCUT2D eigenvalue weighted by Gasteiger charge is 2.29. The number of hydrogen-bond acceptors (Lipinski definition) is 4. The molecule has 0 spiro atoms. The van der Waals surface area contributed by atoms with E-state index in [1.165, 1.54) is 0 Å². The largest absolute Gasteiger partial charge is 0.476 e. The van der Waals surface area contributed by atoms with E-state index in [0.29, 0.717) is 5.69 Å². The summed E-state index contributed by atoms with van der Waals surface area (Å²) in [5.74, 6) is -1.33. The van der Waals surface area contributed by atoms with Gasteiger partial charge in [0, 0.05) is 5.92 Å². The van der Waals surface area contributed by atoms with Gasteiger partial charge in [-0.15, -0.1) is 0 Å². The molecule has 148 valence electrons. The molecular formula is C22H21N3O4. The van der Waals surface area contributed by atoms with E-state index in [9.17, 15) is 14.7 Å². The van der Waals surface area contributed by atoms with Crippen LogP contribution in [-0.2, 0) is 4.74 Å². The molecule has 0 unspecified atom stereocenters. The number of benzene rings is 2. The molecule has 0 fully saturated rings. The molecule has 4 rings (SSSR count). The highest BCUT2D eigenvalue weighted by Crippen LogP contribution is 2.44. The van der Waals surface area contributed by atoms with Crippen LogP contribution in [0.1, 0.15) is 53.0 Å². The van der Waals surface area contributed by atoms with Crippen molar-refractivity contribution in [3.63, 3.8) is 0 Å². The van der Waals surface area contributed by atoms with E-state index >= 15 is 0 Å². The molecule has 1 heterocycles. The molecule has 29 heavy (non-hydrogen) atoms. The Balaban J connectivity index is 1.53. The van der Waals surface area contributed by atoms with Crippen LogP contribution >= 0.6 is 0 Å². The molecule has 1 aliphatic carbocycles. The molecular weight excluding hydrogens is 370 g/mol. The van der Waals surface area contributed by atoms with E-state index < -0.39 is 12.1 Å². The number of nitrogens with zero attached hydrogens (tertiary/aromatic N) is 1. The van der Waals surface area contributed by atoms with Crippen molar-refractivity contribution in [3.8, 4) is 11.1 Å². The number of aromatic amines is 1. The fourth-order valence-electron chi connectivity index (χ4n) is 3.79. The predicted molar refractivity (Wildman–Crippen MR) is 108 cm³/mol. The number of rotatable bonds is 5. The van der Waals surface area contributed by atoms with E-state index in [4.69, 9.17) is 4.74 Å². The number of H-pyrrole nitrogens is 1. The zero-order valence-electron chi connectivity index (χ0n) is 16.1. The van der Waals surface area contributed by atoms with Gasteiger partial charge in [-0.05, 0) is 28.2 Å². The summed E-state index contributed by atoms with van der Waals surface area (Å²) in [5.41, 5.74) is 4.95. The summed E-state index contributed by atoms with van der Waals surface area (Å²) in [7, 11) is 0. The number of aromatic nitrogens is 2. The Hall–Kier alpha value is -3.61. The second kappa shape index (κ2) is 7.43. The van der Waals surface area contributed by atoms with Gasteiger partial charge in [0.25, 0.3) is 0 Å². The summed E-state index contributed by atoms with van der Waals surface area (Å²) in [6.07, 6.45) is -0.710. The summed E-state index contributed by atoms with van der Waals surface area (Å²) < 4.78 is 5.50. The van der Waals surface area contributed by atoms with Gasteiger partial charge in [0.1, 0.15) is 12.3 Å². The number of amides is 1. The second-order valence-corrected chi connectivity index (χ2v) is 7.27. The Bertz CT molecular complexity index is 1040. The Morgan fingerprint density at radius 1 is 1.10 bits per heavy atom. The molecule has 7 heteroatoms. The van der Waals surface area contributed by atoms with E-state index in [1.807, 2.05) is 50.2 Å². The summed E-state index contributed by atoms with van der Waals surface area (Å²) in [6, 6.07) is 16.1. The van der Waals surface area contributed by atoms with Crippen molar-refractivity contribution >= 4 is 17.7 Å². The number of nitrogens with one attached hydrogen (secondary N) is 2. The first-order valence-electron chi connectivity index (χ1n) is 9.41. The number of anilines is 1. The van der Waals surface area contributed by atoms with Gasteiger partial charge in [-0.25, -0.2) is 9.59 Å². The minimum atomic E-state index is -1.22. The zero-order chi connectivity index (χ0) is 20.5. The van der Waals surface area contributed by atoms with Crippen LogP contribution in [0.25, 0.3) is 11.1 Å². The molecule has 1 amide bonds. The van der Waals surface area contributed by atoms with E-state index in [0.717, 1.165) is 22.3 Å². The smallest absolute Gasteiger partial charge is 0.411 e. The van der Waals surface area contributed by atoms with Crippen molar-refractivity contribution in [1.82, 2.24) is 10.2 Å². The van der Waals surface area contributed by atoms with Crippen molar-refractivity contribution < 1.29 is 19.4 Å². The lowest BCUT2D eigenvalue weighted by molar-refractivity contribution is 0.0691. The molecule has 1 aliphatic rings. The Labute approximate surface area is 167 Å². The van der Waals surface area contributed by atoms with Crippen LogP contribution in [-0.4, -0.2) is 34.0 Å². The van der Waals surface area contributed by atoms with Crippen molar-refractivity contribution in [2.45, 2.75) is 25.7 Å². The summed E-state index contributed by atoms with van der Waals surface area (Å²) in [5, 5.41) is 18.4. The normalized spacial score (nSPS) is 12.5. The van der Waals surface area contributed by atoms with Crippen LogP contribution in [0.3, 0.4) is 0 Å². The molecule has 0 bridgehead atoms. The number of carbonyl (C=O) groups is 2. The van der Waals surface area contributed by atoms with Crippen molar-refractivity contribution in [1.29, 1.82) is 0 Å². The van der Waals surface area contributed by atoms with Crippen molar-refractivity contribution in [2.24, 2.45) is 0 Å². The second-order valence-electron chi connectivity index (χ2n) is 7.27. The van der Waals surface area contributed by atoms with Gasteiger partial charge < -0.3 is 9.84 Å². The summed E-state index contributed by atoms with van der Waals surface area (Å²) >= 11 is 0. The standard InChI is InChI=1S/C22H21N3O4/c1-12(2)18-19(20(21(26)27)25-24-18)23-22(28)29-11-17-15-9-5-3-7-13(15)14-8-4-6-10-16(14)17/h3-10,12,17H,11H2,1-2H3,(H,23,28)(H,24,25)(H,26,27). The molecule has 2 aromatic carbocycles. The lowest BCUT2D eigenvalue weighted by Gasteiger charge is -2.15. The van der Waals surface area contributed by atoms with Crippen LogP contribution in [0.2, 0.25) is 0 Å². The van der Waals surface area contributed by atoms with Gasteiger partial charge in [-0.2, -0.15) is 5.10 Å². The fraction of sp³-hybridized carbons (Fsp3) is 0.227. The maximum atomic E-state index is 12.5. The first-order chi connectivity index (χ1) is 14.0. The minimum Gasteiger partial charge on any atom is -0.476 e. The van der Waals surface area contributed by atoms with E-state index in [-0.39, 0.29) is 29.8 Å². The van der Waals surface area contributed by atoms with Crippen LogP contribution in [0, 0.1) is 0 Å². The molecule has 0 saturated carbocycles. The highest BCUT2D eigenvalue weighted by atomic mass is 16.5. The molecule has 0 radical (unpaired) electrons. The average Bonchev–Trinajstić information content (AvgIpc) is 3.26. The lowest BCUT2D eigenvalue weighted by atomic mass is 9.98. The van der Waals surface area contributed by atoms with E-state index in [2.05, 4.69) is 27.6 Å². The Morgan fingerprint density at radius 2 is 1.69 bits per heavy atom. The monoisotopic (exact) mass is 391 g/mol. The van der Waals surface area contributed by atoms with Gasteiger partial charge in [0.2, 0.25) is 0 Å². The van der Waals surface area contributed by atoms with Crippen LogP contribution in [0.15, 0.2) is 48.5 Å². The van der Waals surface area contributed by atoms with Gasteiger partial charge >= 0.3 is 12.1 Å². The quantitative estimate of drug-likeness (QED) is 0.590. The third-order valence-electron chi connectivity index (χ3n) is 5.14. The third kappa shape index (κ3) is 3.35. The molecule has 3 N–H and O–H groups in total. The van der Waals surface area contributed by atoms with Crippen LogP contribution in [0.4, 0.5) is 10.5 Å². The predicted octanol–water partition coefficient (Wildman–Crippen LogP) is 4.59. The maximum Gasteiger partial charge on any atom is 0.411 e. The number of hydrogen-bond donors (Lipinski definition) is 3. The summed E-state index contributed by atoms with van der Waals surface area (Å²) in [6.45, 7) is 3.90. The van der Waals surface area contributed by atoms with Crippen LogP contribution < -0.4 is 5.32 Å². The number of fused-ring (bicyclic) bond motifs is 3. The average molecular weight is 391 g/mol. The molecule has 0 atom stereocenters. The topological polar surface area (TPSA) is 104 Å². The van der Waals surface area contributed by atoms with Crippen molar-refractivity contribution in [3.05, 3.63) is 71.0 Å². The SMILES string of the molecule is CC(C)c1[nH]nc(C(=O)O)c1NC(=O)OCC1c2ccccc2-c2ccccc21. The van der Waals surface area contributed by atoms with E-state index in [1.54, 1.807) is 0 Å². The molecule has 7 nitrogen and oxygen atoms in total. The number of carboxylic acids is 1. The number of carboxylic acid groups (broad SMARTS) is 1. The summed E-state index contributed by atoms with van der Waals surface area (Å²) in [4.78, 5) is 23.9. The first-order valence-corrected chi connectivity index (χ1v) is 9.41. The fourth-order valence-corrected chi connectivity index (χ4v) is 3.79. The van der Waals surface area contributed by atoms with Crippen molar-refractivity contribution in [2.75, 3.05) is 11.9 Å². The Kier molecular flexibility index (Phi) is 4.80. The van der Waals surface area contributed by atoms with Crippen LogP contribution in [0.5, 0.6) is 0 Å².